The van der Waals surface area contributed by atoms with Crippen molar-refractivity contribution in [1.29, 1.82) is 0 Å². The van der Waals surface area contributed by atoms with Crippen molar-refractivity contribution >= 4 is 43.1 Å². The maximum absolute atomic E-state index is 14.1. The lowest BCUT2D eigenvalue weighted by Crippen LogP contribution is -2.28. The van der Waals surface area contributed by atoms with Crippen molar-refractivity contribution in [3.63, 3.8) is 0 Å². The van der Waals surface area contributed by atoms with Crippen molar-refractivity contribution in [2.24, 2.45) is 0 Å². The molecule has 196 valence electrons. The average Bonchev–Trinajstić information content (AvgIpc) is 3.30. The lowest BCUT2D eigenvalue weighted by Gasteiger charge is -2.18. The van der Waals surface area contributed by atoms with E-state index in [4.69, 9.17) is 21.4 Å². The highest BCUT2D eigenvalue weighted by Crippen LogP contribution is 2.35. The number of hydrogen-bond donors (Lipinski definition) is 0. The van der Waals surface area contributed by atoms with Crippen molar-refractivity contribution in [1.82, 2.24) is 14.7 Å². The molecule has 0 unspecified atom stereocenters. The Kier molecular flexibility index (Phi) is 7.70. The summed E-state index contributed by atoms with van der Waals surface area (Å²) in [5.74, 6) is 0.601. The Hall–Kier alpha value is -3.39. The van der Waals surface area contributed by atoms with E-state index in [1.54, 1.807) is 22.9 Å². The van der Waals surface area contributed by atoms with Crippen molar-refractivity contribution in [3.05, 3.63) is 95.5 Å². The number of halogens is 1. The van der Waals surface area contributed by atoms with Crippen LogP contribution in [0.2, 0.25) is 5.02 Å². The van der Waals surface area contributed by atoms with Gasteiger partial charge in [-0.3, -0.25) is 4.68 Å². The fourth-order valence-corrected chi connectivity index (χ4v) is 6.59. The Labute approximate surface area is 228 Å². The summed E-state index contributed by atoms with van der Waals surface area (Å²) in [5.41, 5.74) is 1.56. The second kappa shape index (κ2) is 11.2. The summed E-state index contributed by atoms with van der Waals surface area (Å²) >= 11 is 6.24. The third-order valence-electron chi connectivity index (χ3n) is 6.77. The molecule has 0 aliphatic heterocycles. The summed E-state index contributed by atoms with van der Waals surface area (Å²) < 4.78 is 36.2. The number of fused-ring (bicyclic) bond motifs is 2. The molecule has 0 radical (unpaired) electrons. The van der Waals surface area contributed by atoms with Gasteiger partial charge in [-0.2, -0.15) is 5.10 Å². The third-order valence-corrected chi connectivity index (χ3v) is 8.75. The standard InChI is InChI=1S/C30H30ClN3O3S/c1-3-33(4-2)18-19-37-27-16-9-15-26-29(27)34(21-22-10-7-13-24(31)20-22)32-30(26)38(35,36)28-17-8-12-23-11-5-6-14-25(23)28/h5-17,20H,3-4,18-19,21H2,1-2H3. The Bertz CT molecular complexity index is 1690. The summed E-state index contributed by atoms with van der Waals surface area (Å²) in [5, 5.41) is 7.38. The number of hydrogen-bond acceptors (Lipinski definition) is 5. The molecule has 0 saturated heterocycles. The molecule has 0 saturated carbocycles. The summed E-state index contributed by atoms with van der Waals surface area (Å²) in [7, 11) is -3.95. The molecule has 6 nitrogen and oxygen atoms in total. The predicted molar refractivity (Wildman–Crippen MR) is 153 cm³/mol. The maximum atomic E-state index is 14.1. The van der Waals surface area contributed by atoms with E-state index in [9.17, 15) is 8.42 Å². The summed E-state index contributed by atoms with van der Waals surface area (Å²) in [4.78, 5) is 2.51. The van der Waals surface area contributed by atoms with Crippen molar-refractivity contribution < 1.29 is 13.2 Å². The second-order valence-electron chi connectivity index (χ2n) is 9.10. The van der Waals surface area contributed by atoms with Gasteiger partial charge in [0.2, 0.25) is 9.84 Å². The molecule has 0 fully saturated rings. The molecule has 8 heteroatoms. The van der Waals surface area contributed by atoms with Crippen LogP contribution in [0.15, 0.2) is 94.9 Å². The topological polar surface area (TPSA) is 64.4 Å². The molecule has 1 aromatic heterocycles. The Morgan fingerprint density at radius 3 is 2.39 bits per heavy atom. The number of rotatable bonds is 10. The van der Waals surface area contributed by atoms with Crippen LogP contribution in [0.3, 0.4) is 0 Å². The summed E-state index contributed by atoms with van der Waals surface area (Å²) in [6.07, 6.45) is 0. The van der Waals surface area contributed by atoms with Gasteiger partial charge in [-0.15, -0.1) is 0 Å². The van der Waals surface area contributed by atoms with E-state index < -0.39 is 9.84 Å². The normalized spacial score (nSPS) is 12.0. The van der Waals surface area contributed by atoms with E-state index in [-0.39, 0.29) is 9.92 Å². The van der Waals surface area contributed by atoms with Crippen LogP contribution in [0.1, 0.15) is 19.4 Å². The minimum atomic E-state index is -3.95. The largest absolute Gasteiger partial charge is 0.490 e. The smallest absolute Gasteiger partial charge is 0.226 e. The van der Waals surface area contributed by atoms with Crippen LogP contribution in [-0.2, 0) is 16.4 Å². The number of sulfone groups is 1. The zero-order chi connectivity index (χ0) is 26.7. The Balaban J connectivity index is 1.65. The van der Waals surface area contributed by atoms with Crippen molar-refractivity contribution in [2.45, 2.75) is 30.3 Å². The van der Waals surface area contributed by atoms with E-state index in [0.717, 1.165) is 30.6 Å². The summed E-state index contributed by atoms with van der Waals surface area (Å²) in [6, 6.07) is 25.8. The SMILES string of the molecule is CCN(CC)CCOc1cccc2c(S(=O)(=O)c3cccc4ccccc34)nn(Cc3cccc(Cl)c3)c12. The molecule has 0 bridgehead atoms. The lowest BCUT2D eigenvalue weighted by atomic mass is 10.1. The predicted octanol–water partition coefficient (Wildman–Crippen LogP) is 6.44. The molecule has 0 amide bonds. The number of aromatic nitrogens is 2. The van der Waals surface area contributed by atoms with Crippen LogP contribution >= 0.6 is 11.6 Å². The van der Waals surface area contributed by atoms with Gasteiger partial charge in [0.1, 0.15) is 17.9 Å². The molecule has 0 N–H and O–H groups in total. The first-order valence-corrected chi connectivity index (χ1v) is 14.6. The van der Waals surface area contributed by atoms with Crippen molar-refractivity contribution in [2.75, 3.05) is 26.2 Å². The summed E-state index contributed by atoms with van der Waals surface area (Å²) in [6.45, 7) is 7.71. The molecule has 0 aliphatic carbocycles. The Morgan fingerprint density at radius 2 is 1.61 bits per heavy atom. The molecule has 0 spiro atoms. The van der Waals surface area contributed by atoms with Crippen LogP contribution in [0.5, 0.6) is 5.75 Å². The highest BCUT2D eigenvalue weighted by atomic mass is 35.5. The minimum Gasteiger partial charge on any atom is -0.490 e. The van der Waals surface area contributed by atoms with Gasteiger partial charge in [-0.05, 0) is 54.4 Å². The van der Waals surface area contributed by atoms with E-state index in [2.05, 4.69) is 18.7 Å². The number of nitrogens with zero attached hydrogens (tertiary/aromatic N) is 3. The van der Waals surface area contributed by atoms with E-state index in [0.29, 0.717) is 40.2 Å². The van der Waals surface area contributed by atoms with Crippen molar-refractivity contribution in [3.8, 4) is 5.75 Å². The molecular weight excluding hydrogens is 518 g/mol. The quantitative estimate of drug-likeness (QED) is 0.201. The van der Waals surface area contributed by atoms with Gasteiger partial charge < -0.3 is 9.64 Å². The van der Waals surface area contributed by atoms with Gasteiger partial charge in [0, 0.05) is 22.3 Å². The molecule has 4 aromatic carbocycles. The first kappa shape index (κ1) is 26.2. The number of ether oxygens (including phenoxy) is 1. The number of likely N-dealkylation sites (N-methyl/N-ethyl adjacent to an activating group) is 1. The molecule has 0 aliphatic rings. The Morgan fingerprint density at radius 1 is 0.895 bits per heavy atom. The lowest BCUT2D eigenvalue weighted by molar-refractivity contribution is 0.224. The molecule has 0 atom stereocenters. The van der Waals surface area contributed by atoms with E-state index >= 15 is 0 Å². The monoisotopic (exact) mass is 547 g/mol. The van der Waals surface area contributed by atoms with Gasteiger partial charge in [-0.25, -0.2) is 8.42 Å². The van der Waals surface area contributed by atoms with Crippen LogP contribution in [0.4, 0.5) is 0 Å². The van der Waals surface area contributed by atoms with E-state index in [1.807, 2.05) is 66.7 Å². The average molecular weight is 548 g/mol. The van der Waals surface area contributed by atoms with Crippen LogP contribution < -0.4 is 4.74 Å². The molecule has 38 heavy (non-hydrogen) atoms. The molecule has 5 rings (SSSR count). The highest BCUT2D eigenvalue weighted by molar-refractivity contribution is 7.91. The van der Waals surface area contributed by atoms with Crippen LogP contribution in [-0.4, -0.2) is 49.3 Å². The second-order valence-corrected chi connectivity index (χ2v) is 11.4. The first-order valence-electron chi connectivity index (χ1n) is 12.7. The number of para-hydroxylation sites is 1. The van der Waals surface area contributed by atoms with Gasteiger partial charge in [0.05, 0.1) is 11.4 Å². The maximum Gasteiger partial charge on any atom is 0.226 e. The van der Waals surface area contributed by atoms with Crippen LogP contribution in [0.25, 0.3) is 21.7 Å². The molecule has 1 heterocycles. The zero-order valence-electron chi connectivity index (χ0n) is 21.5. The molecular formula is C30H30ClN3O3S. The first-order chi connectivity index (χ1) is 18.4. The van der Waals surface area contributed by atoms with Gasteiger partial charge in [0.15, 0.2) is 5.03 Å². The zero-order valence-corrected chi connectivity index (χ0v) is 23.0. The fourth-order valence-electron chi connectivity index (χ4n) is 4.77. The van der Waals surface area contributed by atoms with Crippen LogP contribution in [0, 0.1) is 0 Å². The van der Waals surface area contributed by atoms with E-state index in [1.165, 1.54) is 0 Å². The minimum absolute atomic E-state index is 0.0140. The number of benzene rings is 4. The van der Waals surface area contributed by atoms with Gasteiger partial charge >= 0.3 is 0 Å². The van der Waals surface area contributed by atoms with Gasteiger partial charge in [-0.1, -0.05) is 80.0 Å². The highest BCUT2D eigenvalue weighted by Gasteiger charge is 2.28. The molecule has 5 aromatic rings. The third kappa shape index (κ3) is 5.14. The fraction of sp³-hybridized carbons (Fsp3) is 0.233. The van der Waals surface area contributed by atoms with Gasteiger partial charge in [0.25, 0.3) is 0 Å².